The van der Waals surface area contributed by atoms with Crippen LogP contribution < -0.4 is 0 Å². The molecule has 0 aliphatic carbocycles. The van der Waals surface area contributed by atoms with Crippen LogP contribution in [0.1, 0.15) is 17.7 Å². The molecule has 2 aromatic heterocycles. The van der Waals surface area contributed by atoms with Gasteiger partial charge in [0.1, 0.15) is 12.4 Å². The summed E-state index contributed by atoms with van der Waals surface area (Å²) in [5.41, 5.74) is 1.92. The van der Waals surface area contributed by atoms with E-state index in [0.29, 0.717) is 12.8 Å². The average molecular weight is 296 g/mol. The number of furan rings is 1. The van der Waals surface area contributed by atoms with E-state index in [1.807, 2.05) is 48.7 Å². The molecular formula is C17H16N2O3. The van der Waals surface area contributed by atoms with E-state index in [-0.39, 0.29) is 12.6 Å². The van der Waals surface area contributed by atoms with Crippen LogP contribution in [0.5, 0.6) is 0 Å². The lowest BCUT2D eigenvalue weighted by molar-refractivity contribution is -0.145. The van der Waals surface area contributed by atoms with Crippen molar-refractivity contribution < 1.29 is 13.9 Å². The number of aromatic nitrogens is 2. The molecule has 0 atom stereocenters. The second kappa shape index (κ2) is 6.76. The first-order chi connectivity index (χ1) is 10.8. The van der Waals surface area contributed by atoms with E-state index >= 15 is 0 Å². The van der Waals surface area contributed by atoms with E-state index in [1.165, 1.54) is 0 Å². The highest BCUT2D eigenvalue weighted by Gasteiger charge is 2.06. The Hall–Kier alpha value is -2.82. The Morgan fingerprint density at radius 1 is 1.18 bits per heavy atom. The fourth-order valence-corrected chi connectivity index (χ4v) is 2.08. The van der Waals surface area contributed by atoms with E-state index in [4.69, 9.17) is 9.15 Å². The molecule has 112 valence electrons. The smallest absolute Gasteiger partial charge is 0.306 e. The number of hydrogen-bond acceptors (Lipinski definition) is 4. The number of rotatable bonds is 6. The Balaban J connectivity index is 1.48. The van der Waals surface area contributed by atoms with Gasteiger partial charge in [0, 0.05) is 18.8 Å². The van der Waals surface area contributed by atoms with Crippen LogP contribution in [0, 0.1) is 0 Å². The predicted octanol–water partition coefficient (Wildman–Crippen LogP) is 3.14. The zero-order valence-corrected chi connectivity index (χ0v) is 12.0. The number of nitrogens with zero attached hydrogens (tertiary/aromatic N) is 2. The van der Waals surface area contributed by atoms with Crippen molar-refractivity contribution in [2.45, 2.75) is 19.4 Å². The lowest BCUT2D eigenvalue weighted by atomic mass is 10.2. The summed E-state index contributed by atoms with van der Waals surface area (Å²) in [6, 6.07) is 13.3. The Kier molecular flexibility index (Phi) is 4.34. The average Bonchev–Trinajstić information content (AvgIpc) is 3.24. The molecule has 0 spiro atoms. The van der Waals surface area contributed by atoms with Crippen LogP contribution >= 0.6 is 0 Å². The lowest BCUT2D eigenvalue weighted by Crippen LogP contribution is -2.05. The molecule has 0 unspecified atom stereocenters. The summed E-state index contributed by atoms with van der Waals surface area (Å²) in [6.45, 7) is 0.274. The van der Waals surface area contributed by atoms with Crippen molar-refractivity contribution in [1.82, 2.24) is 9.78 Å². The monoisotopic (exact) mass is 296 g/mol. The Bertz CT molecular complexity index is 701. The normalized spacial score (nSPS) is 10.5. The van der Waals surface area contributed by atoms with Gasteiger partial charge >= 0.3 is 5.97 Å². The van der Waals surface area contributed by atoms with Crippen LogP contribution in [0.3, 0.4) is 0 Å². The SMILES string of the molecule is O=C(CCc1ccco1)OCc1ccc(-n2cccn2)cc1. The van der Waals surface area contributed by atoms with Gasteiger partial charge in [-0.2, -0.15) is 5.10 Å². The van der Waals surface area contributed by atoms with E-state index in [0.717, 1.165) is 17.0 Å². The van der Waals surface area contributed by atoms with Crippen molar-refractivity contribution in [2.75, 3.05) is 0 Å². The van der Waals surface area contributed by atoms with Gasteiger partial charge in [0.25, 0.3) is 0 Å². The maximum absolute atomic E-state index is 11.7. The molecule has 5 nitrogen and oxygen atoms in total. The molecule has 0 fully saturated rings. The Morgan fingerprint density at radius 2 is 2.05 bits per heavy atom. The van der Waals surface area contributed by atoms with Gasteiger partial charge < -0.3 is 9.15 Å². The number of carbonyl (C=O) groups excluding carboxylic acids is 1. The zero-order chi connectivity index (χ0) is 15.2. The van der Waals surface area contributed by atoms with Gasteiger partial charge in [-0.15, -0.1) is 0 Å². The molecule has 0 aliphatic rings. The Morgan fingerprint density at radius 3 is 2.73 bits per heavy atom. The van der Waals surface area contributed by atoms with Crippen LogP contribution in [0.15, 0.2) is 65.5 Å². The first-order valence-electron chi connectivity index (χ1n) is 7.08. The molecule has 0 amide bonds. The first kappa shape index (κ1) is 14.1. The molecule has 3 rings (SSSR count). The predicted molar refractivity (Wildman–Crippen MR) is 80.4 cm³/mol. The number of hydrogen-bond donors (Lipinski definition) is 0. The van der Waals surface area contributed by atoms with Crippen molar-refractivity contribution in [2.24, 2.45) is 0 Å². The van der Waals surface area contributed by atoms with Gasteiger partial charge in [-0.1, -0.05) is 12.1 Å². The van der Waals surface area contributed by atoms with E-state index < -0.39 is 0 Å². The molecule has 0 bridgehead atoms. The van der Waals surface area contributed by atoms with Crippen LogP contribution in [0.4, 0.5) is 0 Å². The third-order valence-corrected chi connectivity index (χ3v) is 3.26. The summed E-state index contributed by atoms with van der Waals surface area (Å²) < 4.78 is 12.2. The maximum atomic E-state index is 11.7. The largest absolute Gasteiger partial charge is 0.469 e. The molecule has 0 N–H and O–H groups in total. The minimum absolute atomic E-state index is 0.229. The maximum Gasteiger partial charge on any atom is 0.306 e. The fraction of sp³-hybridized carbons (Fsp3) is 0.176. The zero-order valence-electron chi connectivity index (χ0n) is 12.0. The first-order valence-corrected chi connectivity index (χ1v) is 7.08. The minimum atomic E-state index is -0.229. The molecule has 0 saturated carbocycles. The van der Waals surface area contributed by atoms with Crippen molar-refractivity contribution in [3.63, 3.8) is 0 Å². The number of ether oxygens (including phenoxy) is 1. The van der Waals surface area contributed by atoms with Crippen molar-refractivity contribution in [3.05, 3.63) is 72.4 Å². The van der Waals surface area contributed by atoms with Gasteiger partial charge in [-0.05, 0) is 35.9 Å². The van der Waals surface area contributed by atoms with E-state index in [9.17, 15) is 4.79 Å². The van der Waals surface area contributed by atoms with Gasteiger partial charge in [-0.3, -0.25) is 4.79 Å². The number of benzene rings is 1. The number of esters is 1. The third-order valence-electron chi connectivity index (χ3n) is 3.26. The molecule has 0 aliphatic heterocycles. The minimum Gasteiger partial charge on any atom is -0.469 e. The topological polar surface area (TPSA) is 57.3 Å². The fourth-order valence-electron chi connectivity index (χ4n) is 2.08. The van der Waals surface area contributed by atoms with Crippen molar-refractivity contribution >= 4 is 5.97 Å². The molecular weight excluding hydrogens is 280 g/mol. The lowest BCUT2D eigenvalue weighted by Gasteiger charge is -2.06. The van der Waals surface area contributed by atoms with Crippen molar-refractivity contribution in [1.29, 1.82) is 0 Å². The summed E-state index contributed by atoms with van der Waals surface area (Å²) in [6.07, 6.45) is 6.09. The van der Waals surface area contributed by atoms with Crippen LogP contribution in [0.25, 0.3) is 5.69 Å². The quantitative estimate of drug-likeness (QED) is 0.656. The second-order valence-electron chi connectivity index (χ2n) is 4.86. The highest BCUT2D eigenvalue weighted by atomic mass is 16.5. The summed E-state index contributed by atoms with van der Waals surface area (Å²) in [7, 11) is 0. The molecule has 1 aromatic carbocycles. The summed E-state index contributed by atoms with van der Waals surface area (Å²) in [4.78, 5) is 11.7. The van der Waals surface area contributed by atoms with Crippen LogP contribution in [0.2, 0.25) is 0 Å². The van der Waals surface area contributed by atoms with Crippen LogP contribution in [-0.4, -0.2) is 15.7 Å². The summed E-state index contributed by atoms with van der Waals surface area (Å²) in [5.74, 6) is 0.563. The standard InChI is InChI=1S/C17H16N2O3/c20-17(9-8-16-3-1-12-21-16)22-13-14-4-6-15(7-5-14)19-11-2-10-18-19/h1-7,10-12H,8-9,13H2. The van der Waals surface area contributed by atoms with Gasteiger partial charge in [-0.25, -0.2) is 4.68 Å². The Labute approximate surface area is 128 Å². The van der Waals surface area contributed by atoms with Gasteiger partial charge in [0.15, 0.2) is 0 Å². The number of aryl methyl sites for hydroxylation is 1. The summed E-state index contributed by atoms with van der Waals surface area (Å²) in [5, 5.41) is 4.16. The molecule has 3 aromatic rings. The molecule has 5 heteroatoms. The van der Waals surface area contributed by atoms with Gasteiger partial charge in [0.05, 0.1) is 18.4 Å². The second-order valence-corrected chi connectivity index (χ2v) is 4.86. The summed E-state index contributed by atoms with van der Waals surface area (Å²) >= 11 is 0. The number of carbonyl (C=O) groups is 1. The van der Waals surface area contributed by atoms with Gasteiger partial charge in [0.2, 0.25) is 0 Å². The van der Waals surface area contributed by atoms with E-state index in [2.05, 4.69) is 5.10 Å². The third kappa shape index (κ3) is 3.63. The molecule has 2 heterocycles. The molecule has 22 heavy (non-hydrogen) atoms. The highest BCUT2D eigenvalue weighted by Crippen LogP contribution is 2.10. The highest BCUT2D eigenvalue weighted by molar-refractivity contribution is 5.69. The molecule has 0 radical (unpaired) electrons. The van der Waals surface area contributed by atoms with Crippen molar-refractivity contribution in [3.8, 4) is 5.69 Å². The van der Waals surface area contributed by atoms with E-state index in [1.54, 1.807) is 17.1 Å². The van der Waals surface area contributed by atoms with Crippen LogP contribution in [-0.2, 0) is 22.6 Å². The molecule has 0 saturated heterocycles.